The lowest BCUT2D eigenvalue weighted by Crippen LogP contribution is -2.21. The zero-order chi connectivity index (χ0) is 15.1. The summed E-state index contributed by atoms with van der Waals surface area (Å²) in [5, 5.41) is 4.41. The number of hydrogen-bond acceptors (Lipinski definition) is 3. The number of carbonyl (C=O) groups is 2. The third-order valence-corrected chi connectivity index (χ3v) is 3.77. The second-order valence-electron chi connectivity index (χ2n) is 4.64. The Bertz CT molecular complexity index is 296. The van der Waals surface area contributed by atoms with E-state index in [0.29, 0.717) is 25.3 Å². The molecule has 0 aromatic rings. The number of carbonyl (C=O) groups excluding carboxylic acids is 2. The number of rotatable bonds is 12. The van der Waals surface area contributed by atoms with Gasteiger partial charge in [0.05, 0.1) is 0 Å². The minimum absolute atomic E-state index is 0.0469. The van der Waals surface area contributed by atoms with Crippen LogP contribution < -0.4 is 5.32 Å². The van der Waals surface area contributed by atoms with Crippen LogP contribution in [0.3, 0.4) is 0 Å². The second kappa shape index (κ2) is 14.9. The largest absolute Gasteiger partial charge is 0.353 e. The van der Waals surface area contributed by atoms with Crippen molar-refractivity contribution in [3.05, 3.63) is 11.5 Å². The lowest BCUT2D eigenvalue weighted by Gasteiger charge is -2.02. The molecule has 0 aliphatic carbocycles. The highest BCUT2D eigenvalue weighted by Gasteiger charge is 2.00. The molecule has 1 amide bonds. The highest BCUT2D eigenvalue weighted by molar-refractivity contribution is 8.16. The molecule has 116 valence electrons. The molecule has 0 aromatic heterocycles. The summed E-state index contributed by atoms with van der Waals surface area (Å²) in [4.78, 5) is 22.7. The summed E-state index contributed by atoms with van der Waals surface area (Å²) in [6, 6.07) is 0. The maximum Gasteiger partial charge on any atom is 0.244 e. The van der Waals surface area contributed by atoms with Gasteiger partial charge in [0.1, 0.15) is 0 Å². The SMILES string of the molecule is CCCCCCCCNC(=O)/C=C\SC(=O)CCCCl. The maximum atomic E-state index is 11.4. The Hall–Kier alpha value is -0.480. The van der Waals surface area contributed by atoms with Gasteiger partial charge in [-0.1, -0.05) is 50.8 Å². The second-order valence-corrected chi connectivity index (χ2v) is 5.99. The number of hydrogen-bond donors (Lipinski definition) is 1. The van der Waals surface area contributed by atoms with Crippen LogP contribution in [-0.4, -0.2) is 23.4 Å². The Labute approximate surface area is 131 Å². The summed E-state index contributed by atoms with van der Waals surface area (Å²) in [6.45, 7) is 2.91. The molecular weight excluding hydrogens is 294 g/mol. The summed E-state index contributed by atoms with van der Waals surface area (Å²) in [7, 11) is 0. The van der Waals surface area contributed by atoms with E-state index in [9.17, 15) is 9.59 Å². The summed E-state index contributed by atoms with van der Waals surface area (Å²) < 4.78 is 0. The van der Waals surface area contributed by atoms with Crippen molar-refractivity contribution >= 4 is 34.4 Å². The van der Waals surface area contributed by atoms with E-state index in [1.165, 1.54) is 31.8 Å². The molecule has 0 atom stereocenters. The summed E-state index contributed by atoms with van der Waals surface area (Å²) >= 11 is 6.56. The molecule has 0 spiro atoms. The minimum Gasteiger partial charge on any atom is -0.353 e. The molecule has 5 heteroatoms. The molecule has 0 rings (SSSR count). The first-order valence-corrected chi connectivity index (χ1v) is 8.82. The van der Waals surface area contributed by atoms with Crippen LogP contribution in [0.2, 0.25) is 0 Å². The molecule has 3 nitrogen and oxygen atoms in total. The molecule has 0 aliphatic heterocycles. The summed E-state index contributed by atoms with van der Waals surface area (Å²) in [5.41, 5.74) is 0. The molecule has 0 saturated heterocycles. The molecule has 0 unspecified atom stereocenters. The average Bonchev–Trinajstić information content (AvgIpc) is 2.44. The molecule has 0 aromatic carbocycles. The van der Waals surface area contributed by atoms with Gasteiger partial charge in [-0.2, -0.15) is 0 Å². The number of amides is 1. The van der Waals surface area contributed by atoms with Gasteiger partial charge in [0.15, 0.2) is 5.12 Å². The number of thioether (sulfide) groups is 1. The minimum atomic E-state index is -0.129. The molecule has 20 heavy (non-hydrogen) atoms. The van der Waals surface area contributed by atoms with Gasteiger partial charge in [-0.05, 0) is 18.2 Å². The van der Waals surface area contributed by atoms with Crippen LogP contribution in [0, 0.1) is 0 Å². The lowest BCUT2D eigenvalue weighted by molar-refractivity contribution is -0.116. The predicted molar refractivity (Wildman–Crippen MR) is 88.1 cm³/mol. The summed E-state index contributed by atoms with van der Waals surface area (Å²) in [5.74, 6) is 0.366. The molecule has 1 N–H and O–H groups in total. The Morgan fingerprint density at radius 2 is 1.80 bits per heavy atom. The molecule has 0 radical (unpaired) electrons. The van der Waals surface area contributed by atoms with E-state index in [-0.39, 0.29) is 11.0 Å². The van der Waals surface area contributed by atoms with E-state index in [4.69, 9.17) is 11.6 Å². The highest BCUT2D eigenvalue weighted by atomic mass is 35.5. The van der Waals surface area contributed by atoms with Crippen molar-refractivity contribution in [3.8, 4) is 0 Å². The normalized spacial score (nSPS) is 10.9. The smallest absolute Gasteiger partial charge is 0.244 e. The zero-order valence-electron chi connectivity index (χ0n) is 12.3. The van der Waals surface area contributed by atoms with Gasteiger partial charge in [0.2, 0.25) is 5.91 Å². The topological polar surface area (TPSA) is 46.2 Å². The number of unbranched alkanes of at least 4 members (excludes halogenated alkanes) is 5. The predicted octanol–water partition coefficient (Wildman–Crippen LogP) is 4.26. The number of halogens is 1. The fraction of sp³-hybridized carbons (Fsp3) is 0.733. The van der Waals surface area contributed by atoms with Crippen LogP contribution in [0.15, 0.2) is 11.5 Å². The van der Waals surface area contributed by atoms with Crippen LogP contribution in [-0.2, 0) is 9.59 Å². The van der Waals surface area contributed by atoms with Crippen molar-refractivity contribution < 1.29 is 9.59 Å². The van der Waals surface area contributed by atoms with E-state index >= 15 is 0 Å². The van der Waals surface area contributed by atoms with Crippen LogP contribution in [0.4, 0.5) is 0 Å². The fourth-order valence-electron chi connectivity index (χ4n) is 1.62. The van der Waals surface area contributed by atoms with Gasteiger partial charge < -0.3 is 5.32 Å². The van der Waals surface area contributed by atoms with Crippen LogP contribution in [0.1, 0.15) is 58.3 Å². The van der Waals surface area contributed by atoms with Gasteiger partial charge in [-0.3, -0.25) is 9.59 Å². The third kappa shape index (κ3) is 13.9. The number of alkyl halides is 1. The van der Waals surface area contributed by atoms with Crippen LogP contribution in [0.25, 0.3) is 0 Å². The number of nitrogens with one attached hydrogen (secondary N) is 1. The standard InChI is InChI=1S/C15H26ClNO2S/c1-2-3-4-5-6-7-12-17-14(18)10-13-20-15(19)9-8-11-16/h10,13H,2-9,11-12H2,1H3,(H,17,18)/b13-10-. The van der Waals surface area contributed by atoms with E-state index in [1.807, 2.05) is 0 Å². The van der Waals surface area contributed by atoms with Gasteiger partial charge in [0.25, 0.3) is 0 Å². The quantitative estimate of drug-likeness (QED) is 0.332. The Morgan fingerprint density at radius 1 is 1.10 bits per heavy atom. The molecule has 0 heterocycles. The lowest BCUT2D eigenvalue weighted by atomic mass is 10.1. The zero-order valence-corrected chi connectivity index (χ0v) is 13.9. The van der Waals surface area contributed by atoms with Gasteiger partial charge in [0, 0.05) is 24.9 Å². The molecular formula is C15H26ClNO2S. The third-order valence-electron chi connectivity index (χ3n) is 2.76. The van der Waals surface area contributed by atoms with Crippen molar-refractivity contribution in [2.75, 3.05) is 12.4 Å². The maximum absolute atomic E-state index is 11.4. The van der Waals surface area contributed by atoms with Crippen molar-refractivity contribution in [2.24, 2.45) is 0 Å². The Balaban J connectivity index is 3.46. The van der Waals surface area contributed by atoms with Crippen LogP contribution >= 0.6 is 23.4 Å². The van der Waals surface area contributed by atoms with Crippen molar-refractivity contribution in [1.29, 1.82) is 0 Å². The first-order chi connectivity index (χ1) is 9.70. The van der Waals surface area contributed by atoms with Gasteiger partial charge >= 0.3 is 0 Å². The molecule has 0 aliphatic rings. The molecule has 0 saturated carbocycles. The van der Waals surface area contributed by atoms with Crippen LogP contribution in [0.5, 0.6) is 0 Å². The molecule has 0 bridgehead atoms. The van der Waals surface area contributed by atoms with Crippen molar-refractivity contribution in [2.45, 2.75) is 58.3 Å². The van der Waals surface area contributed by atoms with Gasteiger partial charge in [-0.15, -0.1) is 11.6 Å². The monoisotopic (exact) mass is 319 g/mol. The first-order valence-electron chi connectivity index (χ1n) is 7.40. The van der Waals surface area contributed by atoms with E-state index in [0.717, 1.165) is 24.6 Å². The molecule has 0 fully saturated rings. The Morgan fingerprint density at radius 3 is 2.50 bits per heavy atom. The highest BCUT2D eigenvalue weighted by Crippen LogP contribution is 2.09. The van der Waals surface area contributed by atoms with E-state index in [1.54, 1.807) is 5.41 Å². The van der Waals surface area contributed by atoms with E-state index in [2.05, 4.69) is 12.2 Å². The fourth-order valence-corrected chi connectivity index (χ4v) is 2.36. The van der Waals surface area contributed by atoms with Crippen molar-refractivity contribution in [1.82, 2.24) is 5.32 Å². The Kier molecular flexibility index (Phi) is 14.6. The summed E-state index contributed by atoms with van der Waals surface area (Å²) in [6.07, 6.45) is 9.81. The van der Waals surface area contributed by atoms with Crippen molar-refractivity contribution in [3.63, 3.8) is 0 Å². The average molecular weight is 320 g/mol. The first kappa shape index (κ1) is 19.5. The van der Waals surface area contributed by atoms with Gasteiger partial charge in [-0.25, -0.2) is 0 Å². The van der Waals surface area contributed by atoms with E-state index < -0.39 is 0 Å².